The Kier molecular flexibility index (Phi) is 2.95. The SMILES string of the molecule is CCOc1ccc(-c2cncc(N)n2)cn1. The van der Waals surface area contributed by atoms with Crippen LogP contribution in [0.4, 0.5) is 5.82 Å². The van der Waals surface area contributed by atoms with Gasteiger partial charge in [-0.1, -0.05) is 0 Å². The molecule has 2 rings (SSSR count). The van der Waals surface area contributed by atoms with Crippen molar-refractivity contribution in [2.24, 2.45) is 0 Å². The Balaban J connectivity index is 2.27. The number of pyridine rings is 1. The van der Waals surface area contributed by atoms with Crippen LogP contribution in [0, 0.1) is 0 Å². The fourth-order valence-electron chi connectivity index (χ4n) is 1.29. The van der Waals surface area contributed by atoms with E-state index in [1.54, 1.807) is 18.5 Å². The molecule has 0 fully saturated rings. The highest BCUT2D eigenvalue weighted by Crippen LogP contribution is 2.17. The molecule has 0 radical (unpaired) electrons. The number of ether oxygens (including phenoxy) is 1. The molecule has 2 aromatic heterocycles. The zero-order valence-electron chi connectivity index (χ0n) is 8.92. The Hall–Kier alpha value is -2.17. The summed E-state index contributed by atoms with van der Waals surface area (Å²) in [4.78, 5) is 12.3. The maximum Gasteiger partial charge on any atom is 0.213 e. The van der Waals surface area contributed by atoms with Crippen molar-refractivity contribution in [1.29, 1.82) is 0 Å². The van der Waals surface area contributed by atoms with Gasteiger partial charge in [0.2, 0.25) is 5.88 Å². The number of nitrogen functional groups attached to an aromatic ring is 1. The van der Waals surface area contributed by atoms with Crippen LogP contribution >= 0.6 is 0 Å². The minimum atomic E-state index is 0.395. The molecule has 2 aromatic rings. The number of anilines is 1. The Bertz CT molecular complexity index is 470. The van der Waals surface area contributed by atoms with Crippen LogP contribution in [0.5, 0.6) is 5.88 Å². The highest BCUT2D eigenvalue weighted by Gasteiger charge is 2.01. The second-order valence-electron chi connectivity index (χ2n) is 3.15. The molecule has 5 heteroatoms. The summed E-state index contributed by atoms with van der Waals surface area (Å²) < 4.78 is 5.25. The average Bonchev–Trinajstić information content (AvgIpc) is 2.30. The highest BCUT2D eigenvalue weighted by atomic mass is 16.5. The molecule has 0 amide bonds. The second-order valence-corrected chi connectivity index (χ2v) is 3.15. The predicted octanol–water partition coefficient (Wildman–Crippen LogP) is 1.52. The molecular formula is C11H12N4O. The highest BCUT2D eigenvalue weighted by molar-refractivity contribution is 5.58. The van der Waals surface area contributed by atoms with Crippen molar-refractivity contribution in [3.8, 4) is 17.1 Å². The molecule has 0 aliphatic rings. The lowest BCUT2D eigenvalue weighted by Gasteiger charge is -2.03. The third-order valence-electron chi connectivity index (χ3n) is 1.98. The van der Waals surface area contributed by atoms with Crippen LogP contribution in [0.15, 0.2) is 30.7 Å². The molecular weight excluding hydrogens is 204 g/mol. The summed E-state index contributed by atoms with van der Waals surface area (Å²) in [6, 6.07) is 3.67. The van der Waals surface area contributed by atoms with Crippen molar-refractivity contribution in [1.82, 2.24) is 15.0 Å². The second kappa shape index (κ2) is 4.57. The van der Waals surface area contributed by atoms with E-state index in [0.29, 0.717) is 24.0 Å². The molecule has 0 unspecified atom stereocenters. The third-order valence-corrected chi connectivity index (χ3v) is 1.98. The first-order valence-electron chi connectivity index (χ1n) is 4.96. The molecule has 82 valence electrons. The minimum Gasteiger partial charge on any atom is -0.478 e. The van der Waals surface area contributed by atoms with Gasteiger partial charge in [-0.15, -0.1) is 0 Å². The summed E-state index contributed by atoms with van der Waals surface area (Å²) in [6.45, 7) is 2.52. The quantitative estimate of drug-likeness (QED) is 0.841. The normalized spacial score (nSPS) is 10.1. The van der Waals surface area contributed by atoms with Crippen LogP contribution in [0.2, 0.25) is 0 Å². The van der Waals surface area contributed by atoms with E-state index in [-0.39, 0.29) is 0 Å². The van der Waals surface area contributed by atoms with Crippen molar-refractivity contribution < 1.29 is 4.74 Å². The van der Waals surface area contributed by atoms with E-state index in [4.69, 9.17) is 10.5 Å². The molecule has 0 saturated carbocycles. The number of nitrogens with zero attached hydrogens (tertiary/aromatic N) is 3. The number of hydrogen-bond donors (Lipinski definition) is 1. The van der Waals surface area contributed by atoms with Crippen LogP contribution in [-0.2, 0) is 0 Å². The molecule has 0 saturated heterocycles. The van der Waals surface area contributed by atoms with Gasteiger partial charge in [-0.2, -0.15) is 0 Å². The largest absolute Gasteiger partial charge is 0.478 e. The fraction of sp³-hybridized carbons (Fsp3) is 0.182. The Morgan fingerprint density at radius 3 is 2.75 bits per heavy atom. The number of hydrogen-bond acceptors (Lipinski definition) is 5. The van der Waals surface area contributed by atoms with E-state index in [0.717, 1.165) is 5.56 Å². The summed E-state index contributed by atoms with van der Waals surface area (Å²) in [5, 5.41) is 0. The monoisotopic (exact) mass is 216 g/mol. The lowest BCUT2D eigenvalue weighted by Crippen LogP contribution is -1.96. The Labute approximate surface area is 93.3 Å². The molecule has 0 bridgehead atoms. The number of rotatable bonds is 3. The van der Waals surface area contributed by atoms with Crippen LogP contribution in [0.1, 0.15) is 6.92 Å². The summed E-state index contributed by atoms with van der Waals surface area (Å²) in [7, 11) is 0. The van der Waals surface area contributed by atoms with E-state index in [1.807, 2.05) is 13.0 Å². The van der Waals surface area contributed by atoms with E-state index >= 15 is 0 Å². The third kappa shape index (κ3) is 2.25. The average molecular weight is 216 g/mol. The smallest absolute Gasteiger partial charge is 0.213 e. The first-order valence-corrected chi connectivity index (χ1v) is 4.96. The molecule has 16 heavy (non-hydrogen) atoms. The Morgan fingerprint density at radius 1 is 1.25 bits per heavy atom. The first kappa shape index (κ1) is 10.4. The van der Waals surface area contributed by atoms with E-state index in [9.17, 15) is 0 Å². The zero-order valence-corrected chi connectivity index (χ0v) is 8.92. The van der Waals surface area contributed by atoms with Gasteiger partial charge in [0.05, 0.1) is 24.7 Å². The van der Waals surface area contributed by atoms with Gasteiger partial charge >= 0.3 is 0 Å². The van der Waals surface area contributed by atoms with E-state index < -0.39 is 0 Å². The topological polar surface area (TPSA) is 73.9 Å². The van der Waals surface area contributed by atoms with Gasteiger partial charge in [0.25, 0.3) is 0 Å². The lowest BCUT2D eigenvalue weighted by molar-refractivity contribution is 0.327. The molecule has 0 aliphatic heterocycles. The van der Waals surface area contributed by atoms with Gasteiger partial charge in [-0.05, 0) is 13.0 Å². The van der Waals surface area contributed by atoms with Gasteiger partial charge in [-0.3, -0.25) is 4.98 Å². The molecule has 5 nitrogen and oxygen atoms in total. The van der Waals surface area contributed by atoms with Crippen molar-refractivity contribution in [2.75, 3.05) is 12.3 Å². The summed E-state index contributed by atoms with van der Waals surface area (Å²) >= 11 is 0. The molecule has 0 aromatic carbocycles. The van der Waals surface area contributed by atoms with Gasteiger partial charge in [0.1, 0.15) is 5.82 Å². The summed E-state index contributed by atoms with van der Waals surface area (Å²) in [5.74, 6) is 0.995. The Morgan fingerprint density at radius 2 is 2.12 bits per heavy atom. The summed E-state index contributed by atoms with van der Waals surface area (Å²) in [5.41, 5.74) is 7.12. The van der Waals surface area contributed by atoms with Crippen molar-refractivity contribution in [3.63, 3.8) is 0 Å². The number of nitrogens with two attached hydrogens (primary N) is 1. The van der Waals surface area contributed by atoms with Crippen molar-refractivity contribution in [2.45, 2.75) is 6.92 Å². The van der Waals surface area contributed by atoms with Crippen molar-refractivity contribution in [3.05, 3.63) is 30.7 Å². The van der Waals surface area contributed by atoms with Crippen LogP contribution in [-0.4, -0.2) is 21.6 Å². The van der Waals surface area contributed by atoms with Crippen LogP contribution < -0.4 is 10.5 Å². The van der Waals surface area contributed by atoms with Crippen LogP contribution in [0.3, 0.4) is 0 Å². The molecule has 0 spiro atoms. The van der Waals surface area contributed by atoms with Gasteiger partial charge in [-0.25, -0.2) is 9.97 Å². The molecule has 0 atom stereocenters. The minimum absolute atomic E-state index is 0.395. The molecule has 0 aliphatic carbocycles. The van der Waals surface area contributed by atoms with Gasteiger partial charge in [0, 0.05) is 17.8 Å². The molecule has 2 heterocycles. The lowest BCUT2D eigenvalue weighted by atomic mass is 10.2. The maximum absolute atomic E-state index is 5.55. The maximum atomic E-state index is 5.55. The zero-order chi connectivity index (χ0) is 11.4. The van der Waals surface area contributed by atoms with E-state index in [1.165, 1.54) is 6.20 Å². The van der Waals surface area contributed by atoms with Crippen LogP contribution in [0.25, 0.3) is 11.3 Å². The van der Waals surface area contributed by atoms with E-state index in [2.05, 4.69) is 15.0 Å². The number of aromatic nitrogens is 3. The van der Waals surface area contributed by atoms with Gasteiger partial charge in [0.15, 0.2) is 0 Å². The molecule has 2 N–H and O–H groups in total. The fourth-order valence-corrected chi connectivity index (χ4v) is 1.29. The van der Waals surface area contributed by atoms with Gasteiger partial charge < -0.3 is 10.5 Å². The van der Waals surface area contributed by atoms with Crippen molar-refractivity contribution >= 4 is 5.82 Å². The standard InChI is InChI=1S/C11H12N4O/c1-2-16-11-4-3-8(5-14-11)9-6-13-7-10(12)15-9/h3-7H,2H2,1H3,(H2,12,15). The first-order chi connectivity index (χ1) is 7.79. The predicted molar refractivity (Wildman–Crippen MR) is 60.8 cm³/mol. The summed E-state index contributed by atoms with van der Waals surface area (Å²) in [6.07, 6.45) is 4.84.